The van der Waals surface area contributed by atoms with Gasteiger partial charge in [0.15, 0.2) is 0 Å². The summed E-state index contributed by atoms with van der Waals surface area (Å²) >= 11 is 0. The minimum Gasteiger partial charge on any atom is -0.338 e. The van der Waals surface area contributed by atoms with Crippen LogP contribution in [0.1, 0.15) is 5.56 Å². The molecule has 2 aromatic carbocycles. The number of rotatable bonds is 6. The number of halogens is 3. The SMILES string of the molecule is O=C(NCCc1cccc(F)c1)Nc1ccc(S(=O)(=O)C(F)F)cc1. The number of anilines is 1. The van der Waals surface area contributed by atoms with Gasteiger partial charge < -0.3 is 10.6 Å². The number of nitrogens with one attached hydrogen (secondary N) is 2. The number of amides is 2. The Labute approximate surface area is 142 Å². The maximum atomic E-state index is 13.0. The summed E-state index contributed by atoms with van der Waals surface area (Å²) < 4.78 is 60.4. The summed E-state index contributed by atoms with van der Waals surface area (Å²) in [5, 5.41) is 4.99. The van der Waals surface area contributed by atoms with Gasteiger partial charge in [0.25, 0.3) is 0 Å². The van der Waals surface area contributed by atoms with Crippen LogP contribution in [0.15, 0.2) is 53.4 Å². The van der Waals surface area contributed by atoms with Gasteiger partial charge in [0.2, 0.25) is 9.84 Å². The number of carbonyl (C=O) groups is 1. The van der Waals surface area contributed by atoms with Crippen molar-refractivity contribution in [3.63, 3.8) is 0 Å². The summed E-state index contributed by atoms with van der Waals surface area (Å²) in [6.45, 7) is 0.257. The van der Waals surface area contributed by atoms with Gasteiger partial charge in [-0.2, -0.15) is 8.78 Å². The highest BCUT2D eigenvalue weighted by molar-refractivity contribution is 7.91. The minimum absolute atomic E-state index is 0.247. The molecule has 5 nitrogen and oxygen atoms in total. The average molecular weight is 372 g/mol. The molecule has 0 heterocycles. The summed E-state index contributed by atoms with van der Waals surface area (Å²) in [4.78, 5) is 11.2. The zero-order valence-electron chi connectivity index (χ0n) is 12.9. The van der Waals surface area contributed by atoms with Crippen molar-refractivity contribution >= 4 is 21.6 Å². The first-order valence-corrected chi connectivity index (χ1v) is 8.75. The first-order chi connectivity index (χ1) is 11.8. The lowest BCUT2D eigenvalue weighted by atomic mass is 10.1. The second-order valence-corrected chi connectivity index (χ2v) is 7.01. The fourth-order valence-electron chi connectivity index (χ4n) is 2.02. The fraction of sp³-hybridized carbons (Fsp3) is 0.188. The Balaban J connectivity index is 1.86. The van der Waals surface area contributed by atoms with Crippen molar-refractivity contribution in [2.75, 3.05) is 11.9 Å². The minimum atomic E-state index is -4.66. The molecule has 0 aromatic heterocycles. The highest BCUT2D eigenvalue weighted by Gasteiger charge is 2.26. The van der Waals surface area contributed by atoms with Crippen molar-refractivity contribution in [3.8, 4) is 0 Å². The predicted molar refractivity (Wildman–Crippen MR) is 86.8 cm³/mol. The van der Waals surface area contributed by atoms with Crippen LogP contribution in [0, 0.1) is 5.82 Å². The summed E-state index contributed by atoms with van der Waals surface area (Å²) in [7, 11) is -4.66. The normalized spacial score (nSPS) is 11.4. The highest BCUT2D eigenvalue weighted by Crippen LogP contribution is 2.20. The molecule has 0 unspecified atom stereocenters. The molecule has 2 N–H and O–H groups in total. The van der Waals surface area contributed by atoms with Gasteiger partial charge in [0.05, 0.1) is 4.90 Å². The quantitative estimate of drug-likeness (QED) is 0.818. The van der Waals surface area contributed by atoms with Crippen LogP contribution in [-0.2, 0) is 16.3 Å². The van der Waals surface area contributed by atoms with Crippen molar-refractivity contribution < 1.29 is 26.4 Å². The van der Waals surface area contributed by atoms with Gasteiger partial charge in [-0.05, 0) is 48.4 Å². The molecule has 0 spiro atoms. The smallest absolute Gasteiger partial charge is 0.338 e. The number of urea groups is 1. The first kappa shape index (κ1) is 18.8. The molecular formula is C16H15F3N2O3S. The molecule has 0 aliphatic rings. The molecular weight excluding hydrogens is 357 g/mol. The van der Waals surface area contributed by atoms with Crippen LogP contribution >= 0.6 is 0 Å². The van der Waals surface area contributed by atoms with E-state index in [1.807, 2.05) is 0 Å². The van der Waals surface area contributed by atoms with Crippen LogP contribution in [0.2, 0.25) is 0 Å². The number of carbonyl (C=O) groups excluding carboxylic acids is 1. The van der Waals surface area contributed by atoms with E-state index in [2.05, 4.69) is 10.6 Å². The number of sulfone groups is 1. The Bertz CT molecular complexity index is 840. The number of alkyl halides is 2. The van der Waals surface area contributed by atoms with Crippen molar-refractivity contribution in [1.29, 1.82) is 0 Å². The molecule has 2 amide bonds. The zero-order valence-corrected chi connectivity index (χ0v) is 13.7. The Morgan fingerprint density at radius 2 is 1.76 bits per heavy atom. The van der Waals surface area contributed by atoms with Gasteiger partial charge in [0, 0.05) is 12.2 Å². The van der Waals surface area contributed by atoms with Gasteiger partial charge in [-0.25, -0.2) is 17.6 Å². The summed E-state index contributed by atoms with van der Waals surface area (Å²) in [6.07, 6.45) is 0.427. The average Bonchev–Trinajstić information content (AvgIpc) is 2.55. The van der Waals surface area contributed by atoms with E-state index in [0.29, 0.717) is 6.42 Å². The largest absolute Gasteiger partial charge is 0.341 e. The lowest BCUT2D eigenvalue weighted by Crippen LogP contribution is -2.30. The summed E-state index contributed by atoms with van der Waals surface area (Å²) in [5.74, 6) is -3.86. The van der Waals surface area contributed by atoms with Crippen LogP contribution in [-0.4, -0.2) is 26.8 Å². The summed E-state index contributed by atoms with van der Waals surface area (Å²) in [5.41, 5.74) is 0.971. The Hall–Kier alpha value is -2.55. The molecule has 0 saturated carbocycles. The molecule has 0 atom stereocenters. The Morgan fingerprint density at radius 1 is 1.08 bits per heavy atom. The van der Waals surface area contributed by atoms with Gasteiger partial charge >= 0.3 is 11.8 Å². The Kier molecular flexibility index (Phi) is 6.02. The van der Waals surface area contributed by atoms with Crippen LogP contribution in [0.3, 0.4) is 0 Å². The molecule has 0 radical (unpaired) electrons. The van der Waals surface area contributed by atoms with Crippen molar-refractivity contribution in [2.45, 2.75) is 17.1 Å². The number of hydrogen-bond donors (Lipinski definition) is 2. The first-order valence-electron chi connectivity index (χ1n) is 7.20. The molecule has 0 saturated heterocycles. The summed E-state index contributed by atoms with van der Waals surface area (Å²) in [6, 6.07) is 9.82. The lowest BCUT2D eigenvalue weighted by molar-refractivity contribution is 0.234. The number of benzene rings is 2. The molecule has 134 valence electrons. The molecule has 9 heteroatoms. The van der Waals surface area contributed by atoms with Crippen molar-refractivity contribution in [2.24, 2.45) is 0 Å². The van der Waals surface area contributed by atoms with Crippen LogP contribution in [0.25, 0.3) is 0 Å². The monoisotopic (exact) mass is 372 g/mol. The van der Waals surface area contributed by atoms with E-state index >= 15 is 0 Å². The predicted octanol–water partition coefficient (Wildman–Crippen LogP) is 3.19. The van der Waals surface area contributed by atoms with Gasteiger partial charge in [-0.3, -0.25) is 0 Å². The maximum absolute atomic E-state index is 13.0. The fourth-order valence-corrected chi connectivity index (χ4v) is 2.74. The van der Waals surface area contributed by atoms with E-state index in [9.17, 15) is 26.4 Å². The molecule has 0 aliphatic heterocycles. The van der Waals surface area contributed by atoms with E-state index < -0.39 is 26.5 Å². The molecule has 0 fully saturated rings. The van der Waals surface area contributed by atoms with Crippen molar-refractivity contribution in [3.05, 3.63) is 59.9 Å². The topological polar surface area (TPSA) is 75.3 Å². The zero-order chi connectivity index (χ0) is 18.4. The third-order valence-corrected chi connectivity index (χ3v) is 4.66. The molecule has 0 bridgehead atoms. The van der Waals surface area contributed by atoms with E-state index in [0.717, 1.165) is 17.7 Å². The third-order valence-electron chi connectivity index (χ3n) is 3.26. The van der Waals surface area contributed by atoms with E-state index in [-0.39, 0.29) is 18.0 Å². The molecule has 25 heavy (non-hydrogen) atoms. The standard InChI is InChI=1S/C16H15F3N2O3S/c17-12-3-1-2-11(10-12)8-9-20-16(22)21-13-4-6-14(7-5-13)25(23,24)15(18)19/h1-7,10,15H,8-9H2,(H2,20,21,22). The van der Waals surface area contributed by atoms with Gasteiger partial charge in [-0.15, -0.1) is 0 Å². The van der Waals surface area contributed by atoms with Gasteiger partial charge in [-0.1, -0.05) is 12.1 Å². The maximum Gasteiger partial charge on any atom is 0.341 e. The van der Waals surface area contributed by atoms with E-state index in [1.54, 1.807) is 12.1 Å². The molecule has 2 aromatic rings. The van der Waals surface area contributed by atoms with E-state index in [4.69, 9.17) is 0 Å². The van der Waals surface area contributed by atoms with Crippen LogP contribution in [0.5, 0.6) is 0 Å². The highest BCUT2D eigenvalue weighted by atomic mass is 32.2. The van der Waals surface area contributed by atoms with Crippen LogP contribution < -0.4 is 10.6 Å². The number of hydrogen-bond acceptors (Lipinski definition) is 3. The van der Waals surface area contributed by atoms with Gasteiger partial charge in [0.1, 0.15) is 5.82 Å². The molecule has 2 rings (SSSR count). The Morgan fingerprint density at radius 3 is 2.36 bits per heavy atom. The van der Waals surface area contributed by atoms with E-state index in [1.165, 1.54) is 24.3 Å². The van der Waals surface area contributed by atoms with Crippen molar-refractivity contribution in [1.82, 2.24) is 5.32 Å². The third kappa shape index (κ3) is 5.21. The second kappa shape index (κ2) is 8.02. The molecule has 0 aliphatic carbocycles. The lowest BCUT2D eigenvalue weighted by Gasteiger charge is -2.09. The van der Waals surface area contributed by atoms with Crippen LogP contribution in [0.4, 0.5) is 23.7 Å². The second-order valence-electron chi connectivity index (χ2n) is 5.09.